The molecule has 1 saturated heterocycles. The molecule has 0 saturated carbocycles. The Morgan fingerprint density at radius 2 is 1.79 bits per heavy atom. The maximum Gasteiger partial charge on any atom is 0.243 e. The van der Waals surface area contributed by atoms with Crippen molar-refractivity contribution in [2.24, 2.45) is 4.99 Å². The fraction of sp³-hybridized carbons (Fsp3) is 0.882. The van der Waals surface area contributed by atoms with Crippen LogP contribution in [0, 0.1) is 0 Å². The number of piperidine rings is 1. The molecule has 1 amide bonds. The minimum absolute atomic E-state index is 0. The average molecular weight is 453 g/mol. The van der Waals surface area contributed by atoms with Gasteiger partial charge in [0.15, 0.2) is 5.96 Å². The Balaban J connectivity index is 0.00000529. The number of nitrogens with zero attached hydrogens (tertiary/aromatic N) is 3. The summed E-state index contributed by atoms with van der Waals surface area (Å²) >= 11 is 0. The van der Waals surface area contributed by atoms with Gasteiger partial charge in [0.2, 0.25) is 5.91 Å². The number of hydrogen-bond acceptors (Lipinski definition) is 3. The van der Waals surface area contributed by atoms with Crippen molar-refractivity contribution in [3.8, 4) is 0 Å². The molecule has 1 aliphatic rings. The molecule has 2 N–H and O–H groups in total. The van der Waals surface area contributed by atoms with Gasteiger partial charge in [-0.2, -0.15) is 0 Å². The molecule has 0 aromatic rings. The lowest BCUT2D eigenvalue weighted by Crippen LogP contribution is -2.55. The van der Waals surface area contributed by atoms with Crippen molar-refractivity contribution in [1.82, 2.24) is 20.4 Å². The molecule has 0 aromatic heterocycles. The molecule has 0 unspecified atom stereocenters. The Morgan fingerprint density at radius 1 is 1.17 bits per heavy atom. The first-order valence-electron chi connectivity index (χ1n) is 8.84. The van der Waals surface area contributed by atoms with E-state index in [0.29, 0.717) is 0 Å². The largest absolute Gasteiger partial charge is 0.356 e. The Bertz CT molecular complexity index is 392. The third-order valence-corrected chi connectivity index (χ3v) is 4.31. The Hall–Kier alpha value is -0.570. The van der Waals surface area contributed by atoms with Crippen molar-refractivity contribution in [3.05, 3.63) is 0 Å². The number of nitrogens with one attached hydrogen (secondary N) is 2. The average Bonchev–Trinajstić information content (AvgIpc) is 2.54. The lowest BCUT2D eigenvalue weighted by atomic mass is 9.98. The van der Waals surface area contributed by atoms with Crippen molar-refractivity contribution in [2.45, 2.75) is 52.0 Å². The van der Waals surface area contributed by atoms with Gasteiger partial charge in [-0.15, -0.1) is 24.0 Å². The molecule has 1 aliphatic heterocycles. The van der Waals surface area contributed by atoms with E-state index in [1.165, 1.54) is 32.4 Å². The molecular weight excluding hydrogens is 417 g/mol. The molecule has 1 rings (SSSR count). The summed E-state index contributed by atoms with van der Waals surface area (Å²) in [6.07, 6.45) is 4.95. The first kappa shape index (κ1) is 23.4. The fourth-order valence-corrected chi connectivity index (χ4v) is 2.62. The molecule has 24 heavy (non-hydrogen) atoms. The number of carbonyl (C=O) groups is 1. The summed E-state index contributed by atoms with van der Waals surface area (Å²) in [5, 5.41) is 6.70. The SMILES string of the molecule is CCCNC(=NCC(=O)N(C)C)NCC(C)(C)N1CCCCC1.I. The van der Waals surface area contributed by atoms with Crippen molar-refractivity contribution in [3.63, 3.8) is 0 Å². The number of likely N-dealkylation sites (tertiary alicyclic amines) is 1. The molecule has 0 atom stereocenters. The minimum Gasteiger partial charge on any atom is -0.356 e. The molecule has 7 heteroatoms. The summed E-state index contributed by atoms with van der Waals surface area (Å²) in [6, 6.07) is 0. The van der Waals surface area contributed by atoms with E-state index in [0.717, 1.165) is 25.5 Å². The van der Waals surface area contributed by atoms with Gasteiger partial charge in [0.1, 0.15) is 6.54 Å². The lowest BCUT2D eigenvalue weighted by molar-refractivity contribution is -0.127. The summed E-state index contributed by atoms with van der Waals surface area (Å²) in [5.74, 6) is 0.741. The van der Waals surface area contributed by atoms with E-state index < -0.39 is 0 Å². The van der Waals surface area contributed by atoms with E-state index in [2.05, 4.69) is 41.3 Å². The van der Waals surface area contributed by atoms with E-state index >= 15 is 0 Å². The number of guanidine groups is 1. The van der Waals surface area contributed by atoms with E-state index in [4.69, 9.17) is 0 Å². The zero-order chi connectivity index (χ0) is 17.3. The Kier molecular flexibility index (Phi) is 11.6. The first-order chi connectivity index (χ1) is 10.9. The van der Waals surface area contributed by atoms with Crippen LogP contribution in [0.25, 0.3) is 0 Å². The van der Waals surface area contributed by atoms with Crippen LogP contribution in [0.3, 0.4) is 0 Å². The highest BCUT2D eigenvalue weighted by atomic mass is 127. The standard InChI is InChI=1S/C17H35N5O.HI/c1-6-10-18-16(19-13-15(23)21(4)5)20-14-17(2,3)22-11-8-7-9-12-22;/h6-14H2,1-5H3,(H2,18,19,20);1H. The van der Waals surface area contributed by atoms with Gasteiger partial charge < -0.3 is 15.5 Å². The maximum atomic E-state index is 11.7. The summed E-state index contributed by atoms with van der Waals surface area (Å²) in [6.45, 7) is 10.8. The zero-order valence-corrected chi connectivity index (χ0v) is 18.4. The number of aliphatic imine (C=N–C) groups is 1. The molecule has 0 aliphatic carbocycles. The normalized spacial score (nSPS) is 16.3. The molecule has 0 aromatic carbocycles. The van der Waals surface area contributed by atoms with Crippen LogP contribution in [0.2, 0.25) is 0 Å². The minimum atomic E-state index is 0. The number of hydrogen-bond donors (Lipinski definition) is 2. The van der Waals surface area contributed by atoms with Crippen LogP contribution in [0.5, 0.6) is 0 Å². The number of likely N-dealkylation sites (N-methyl/N-ethyl adjacent to an activating group) is 1. The van der Waals surface area contributed by atoms with Crippen molar-refractivity contribution < 1.29 is 4.79 Å². The van der Waals surface area contributed by atoms with E-state index in [9.17, 15) is 4.79 Å². The Morgan fingerprint density at radius 3 is 2.33 bits per heavy atom. The number of amides is 1. The topological polar surface area (TPSA) is 60.0 Å². The zero-order valence-electron chi connectivity index (χ0n) is 16.0. The summed E-state index contributed by atoms with van der Waals surface area (Å²) < 4.78 is 0. The van der Waals surface area contributed by atoms with Crippen molar-refractivity contribution >= 4 is 35.8 Å². The van der Waals surface area contributed by atoms with Crippen LogP contribution in [0.4, 0.5) is 0 Å². The fourth-order valence-electron chi connectivity index (χ4n) is 2.62. The predicted octanol–water partition coefficient (Wildman–Crippen LogP) is 1.90. The Labute approximate surface area is 164 Å². The van der Waals surface area contributed by atoms with Gasteiger partial charge in [-0.3, -0.25) is 9.69 Å². The molecule has 1 fully saturated rings. The molecule has 0 bridgehead atoms. The third kappa shape index (κ3) is 8.50. The van der Waals surface area contributed by atoms with Crippen LogP contribution < -0.4 is 10.6 Å². The highest BCUT2D eigenvalue weighted by Crippen LogP contribution is 2.19. The van der Waals surface area contributed by atoms with Crippen molar-refractivity contribution in [1.29, 1.82) is 0 Å². The van der Waals surface area contributed by atoms with Crippen molar-refractivity contribution in [2.75, 3.05) is 46.8 Å². The van der Waals surface area contributed by atoms with Gasteiger partial charge in [0.05, 0.1) is 0 Å². The number of rotatable bonds is 7. The number of halogens is 1. The van der Waals surface area contributed by atoms with Gasteiger partial charge in [-0.05, 0) is 46.2 Å². The summed E-state index contributed by atoms with van der Waals surface area (Å²) in [4.78, 5) is 20.3. The van der Waals surface area contributed by atoms with Gasteiger partial charge in [0, 0.05) is 32.7 Å². The molecular formula is C17H36IN5O. The van der Waals surface area contributed by atoms with Gasteiger partial charge in [0.25, 0.3) is 0 Å². The van der Waals surface area contributed by atoms with Crippen LogP contribution >= 0.6 is 24.0 Å². The van der Waals surface area contributed by atoms with E-state index in [1.54, 1.807) is 19.0 Å². The van der Waals surface area contributed by atoms with E-state index in [-0.39, 0.29) is 42.0 Å². The van der Waals surface area contributed by atoms with Gasteiger partial charge in [-0.1, -0.05) is 13.3 Å². The lowest BCUT2D eigenvalue weighted by Gasteiger charge is -2.41. The smallest absolute Gasteiger partial charge is 0.243 e. The first-order valence-corrected chi connectivity index (χ1v) is 8.84. The highest BCUT2D eigenvalue weighted by Gasteiger charge is 2.27. The van der Waals surface area contributed by atoms with Crippen LogP contribution in [0.15, 0.2) is 4.99 Å². The monoisotopic (exact) mass is 453 g/mol. The van der Waals surface area contributed by atoms with Crippen LogP contribution in [-0.4, -0.2) is 74.0 Å². The number of carbonyl (C=O) groups excluding carboxylic acids is 1. The molecule has 6 nitrogen and oxygen atoms in total. The van der Waals surface area contributed by atoms with E-state index in [1.807, 2.05) is 0 Å². The predicted molar refractivity (Wildman–Crippen MR) is 112 cm³/mol. The molecule has 0 spiro atoms. The van der Waals surface area contributed by atoms with Crippen LogP contribution in [0.1, 0.15) is 46.5 Å². The summed E-state index contributed by atoms with van der Waals surface area (Å²) in [5.41, 5.74) is 0.0840. The van der Waals surface area contributed by atoms with Crippen LogP contribution in [-0.2, 0) is 4.79 Å². The molecule has 0 radical (unpaired) electrons. The second-order valence-corrected chi connectivity index (χ2v) is 7.09. The highest BCUT2D eigenvalue weighted by molar-refractivity contribution is 14.0. The van der Waals surface area contributed by atoms with Gasteiger partial charge in [-0.25, -0.2) is 4.99 Å². The molecule has 1 heterocycles. The second kappa shape index (κ2) is 11.9. The maximum absolute atomic E-state index is 11.7. The third-order valence-electron chi connectivity index (χ3n) is 4.31. The molecule has 142 valence electrons. The summed E-state index contributed by atoms with van der Waals surface area (Å²) in [7, 11) is 3.51. The second-order valence-electron chi connectivity index (χ2n) is 7.09. The van der Waals surface area contributed by atoms with Gasteiger partial charge >= 0.3 is 0 Å². The quantitative estimate of drug-likeness (QED) is 0.351.